The van der Waals surface area contributed by atoms with E-state index in [1.165, 1.54) is 7.11 Å². The van der Waals surface area contributed by atoms with E-state index in [0.29, 0.717) is 12.5 Å². The number of amides is 2. The highest BCUT2D eigenvalue weighted by Gasteiger charge is 2.30. The number of aryl methyl sites for hydroxylation is 1. The number of carbonyl (C=O) groups is 2. The van der Waals surface area contributed by atoms with Crippen LogP contribution in [0.15, 0.2) is 12.4 Å². The highest BCUT2D eigenvalue weighted by molar-refractivity contribution is 5.86. The zero-order valence-corrected chi connectivity index (χ0v) is 15.9. The van der Waals surface area contributed by atoms with E-state index < -0.39 is 12.1 Å². The fourth-order valence-corrected chi connectivity index (χ4v) is 2.35. The number of nitrogens with one attached hydrogen (secondary N) is 2. The van der Waals surface area contributed by atoms with E-state index in [1.807, 2.05) is 27.7 Å². The van der Waals surface area contributed by atoms with Gasteiger partial charge in [0.2, 0.25) is 11.9 Å². The molecule has 2 atom stereocenters. The maximum absolute atomic E-state index is 12.8. The van der Waals surface area contributed by atoms with Gasteiger partial charge in [0.05, 0.1) is 7.11 Å². The third-order valence-electron chi connectivity index (χ3n) is 4.03. The molecule has 0 saturated carbocycles. The minimum absolute atomic E-state index is 0.0556. The summed E-state index contributed by atoms with van der Waals surface area (Å²) in [6, 6.07) is -0.694. The van der Waals surface area contributed by atoms with E-state index in [4.69, 9.17) is 0 Å². The fraction of sp³-hybridized carbons (Fsp3) is 0.647. The van der Waals surface area contributed by atoms with Crippen LogP contribution in [0.4, 0.5) is 10.7 Å². The average molecular weight is 351 g/mol. The molecule has 0 aliphatic heterocycles. The van der Waals surface area contributed by atoms with Crippen molar-refractivity contribution in [3.05, 3.63) is 18.0 Å². The van der Waals surface area contributed by atoms with Crippen molar-refractivity contribution in [2.24, 2.45) is 5.92 Å². The van der Waals surface area contributed by atoms with Gasteiger partial charge >= 0.3 is 6.09 Å². The third kappa shape index (κ3) is 6.21. The first-order valence-electron chi connectivity index (χ1n) is 8.43. The summed E-state index contributed by atoms with van der Waals surface area (Å²) in [5.74, 6) is 0.316. The molecule has 0 aliphatic rings. The standard InChI is InChI=1S/C17H29N5O3/c1-7-13(10-20-16-18-8-12(4)9-19-16)22(5)15(23)14(11(2)3)21-17(24)25-6/h8-9,11,13-14H,7,10H2,1-6H3,(H,21,24)(H,18,19,20)/t13?,14-/m0/s1. The molecular weight excluding hydrogens is 322 g/mol. The monoisotopic (exact) mass is 351 g/mol. The van der Waals surface area contributed by atoms with Crippen LogP contribution >= 0.6 is 0 Å². The lowest BCUT2D eigenvalue weighted by atomic mass is 10.0. The zero-order chi connectivity index (χ0) is 19.0. The summed E-state index contributed by atoms with van der Waals surface area (Å²) in [6.07, 6.45) is 3.62. The van der Waals surface area contributed by atoms with Crippen molar-refractivity contribution in [3.63, 3.8) is 0 Å². The van der Waals surface area contributed by atoms with Gasteiger partial charge < -0.3 is 20.3 Å². The smallest absolute Gasteiger partial charge is 0.407 e. The van der Waals surface area contributed by atoms with Gasteiger partial charge in [-0.3, -0.25) is 4.79 Å². The topological polar surface area (TPSA) is 96.5 Å². The van der Waals surface area contributed by atoms with E-state index >= 15 is 0 Å². The van der Waals surface area contributed by atoms with Crippen molar-refractivity contribution in [2.45, 2.75) is 46.2 Å². The van der Waals surface area contributed by atoms with Crippen LogP contribution in [0, 0.1) is 12.8 Å². The molecule has 2 amide bonds. The van der Waals surface area contributed by atoms with Crippen LogP contribution in [0.2, 0.25) is 0 Å². The van der Waals surface area contributed by atoms with Gasteiger partial charge in [0.1, 0.15) is 6.04 Å². The number of hydrogen-bond acceptors (Lipinski definition) is 6. The number of anilines is 1. The molecule has 0 spiro atoms. The normalized spacial score (nSPS) is 13.1. The molecule has 0 aliphatic carbocycles. The second-order valence-electron chi connectivity index (χ2n) is 6.33. The second kappa shape index (κ2) is 9.80. The number of rotatable bonds is 8. The Kier molecular flexibility index (Phi) is 8.10. The molecule has 0 radical (unpaired) electrons. The fourth-order valence-electron chi connectivity index (χ4n) is 2.35. The van der Waals surface area contributed by atoms with Crippen LogP contribution in [0.5, 0.6) is 0 Å². The van der Waals surface area contributed by atoms with E-state index in [1.54, 1.807) is 24.3 Å². The summed E-state index contributed by atoms with van der Waals surface area (Å²) in [6.45, 7) is 8.21. The molecule has 8 nitrogen and oxygen atoms in total. The van der Waals surface area contributed by atoms with Gasteiger partial charge in [0.25, 0.3) is 0 Å². The van der Waals surface area contributed by atoms with Crippen molar-refractivity contribution in [1.82, 2.24) is 20.2 Å². The zero-order valence-electron chi connectivity index (χ0n) is 15.9. The quantitative estimate of drug-likeness (QED) is 0.741. The molecule has 140 valence electrons. The van der Waals surface area contributed by atoms with Crippen LogP contribution in [0.3, 0.4) is 0 Å². The lowest BCUT2D eigenvalue weighted by Crippen LogP contribution is -2.53. The molecule has 1 heterocycles. The predicted molar refractivity (Wildman–Crippen MR) is 96.3 cm³/mol. The summed E-state index contributed by atoms with van der Waals surface area (Å²) in [7, 11) is 3.02. The van der Waals surface area contributed by atoms with Crippen LogP contribution < -0.4 is 10.6 Å². The first-order valence-corrected chi connectivity index (χ1v) is 8.43. The maximum atomic E-state index is 12.8. The van der Waals surface area contributed by atoms with E-state index in [-0.39, 0.29) is 17.9 Å². The van der Waals surface area contributed by atoms with Crippen LogP contribution in [-0.4, -0.2) is 59.7 Å². The Morgan fingerprint density at radius 3 is 2.36 bits per heavy atom. The number of hydrogen-bond donors (Lipinski definition) is 2. The predicted octanol–water partition coefficient (Wildman–Crippen LogP) is 1.81. The molecule has 25 heavy (non-hydrogen) atoms. The minimum atomic E-state index is -0.637. The highest BCUT2D eigenvalue weighted by Crippen LogP contribution is 2.11. The van der Waals surface area contributed by atoms with Crippen molar-refractivity contribution in [2.75, 3.05) is 26.0 Å². The molecule has 0 saturated heterocycles. The van der Waals surface area contributed by atoms with Crippen molar-refractivity contribution in [3.8, 4) is 0 Å². The van der Waals surface area contributed by atoms with Gasteiger partial charge in [-0.25, -0.2) is 14.8 Å². The molecule has 1 unspecified atom stereocenters. The van der Waals surface area contributed by atoms with Gasteiger partial charge in [-0.2, -0.15) is 0 Å². The van der Waals surface area contributed by atoms with Gasteiger partial charge in [0.15, 0.2) is 0 Å². The average Bonchev–Trinajstić information content (AvgIpc) is 2.60. The van der Waals surface area contributed by atoms with Crippen molar-refractivity contribution in [1.29, 1.82) is 0 Å². The van der Waals surface area contributed by atoms with Crippen LogP contribution in [0.1, 0.15) is 32.8 Å². The summed E-state index contributed by atoms with van der Waals surface area (Å²) in [4.78, 5) is 34.3. The second-order valence-corrected chi connectivity index (χ2v) is 6.33. The Balaban J connectivity index is 2.73. The maximum Gasteiger partial charge on any atom is 0.407 e. The molecule has 0 fully saturated rings. The Labute approximate surface area is 149 Å². The summed E-state index contributed by atoms with van der Waals surface area (Å²) in [5.41, 5.74) is 0.985. The molecular formula is C17H29N5O3. The molecule has 0 bridgehead atoms. The Morgan fingerprint density at radius 2 is 1.88 bits per heavy atom. The lowest BCUT2D eigenvalue weighted by molar-refractivity contribution is -0.135. The Bertz CT molecular complexity index is 562. The van der Waals surface area contributed by atoms with Crippen molar-refractivity contribution < 1.29 is 14.3 Å². The molecule has 0 aromatic carbocycles. The van der Waals surface area contributed by atoms with Gasteiger partial charge in [-0.1, -0.05) is 20.8 Å². The SMILES string of the molecule is CCC(CNc1ncc(C)cn1)N(C)C(=O)[C@@H](NC(=O)OC)C(C)C. The lowest BCUT2D eigenvalue weighted by Gasteiger charge is -2.32. The van der Waals surface area contributed by atoms with Gasteiger partial charge in [0, 0.05) is 32.0 Å². The minimum Gasteiger partial charge on any atom is -0.453 e. The summed E-state index contributed by atoms with van der Waals surface area (Å²) in [5, 5.41) is 5.76. The molecule has 1 rings (SSSR count). The largest absolute Gasteiger partial charge is 0.453 e. The van der Waals surface area contributed by atoms with E-state index in [9.17, 15) is 9.59 Å². The molecule has 1 aromatic heterocycles. The first kappa shape index (κ1) is 20.7. The van der Waals surface area contributed by atoms with E-state index in [2.05, 4.69) is 25.3 Å². The molecule has 8 heteroatoms. The number of likely N-dealkylation sites (N-methyl/N-ethyl adjacent to an activating group) is 1. The van der Waals surface area contributed by atoms with E-state index in [0.717, 1.165) is 12.0 Å². The number of ether oxygens (including phenoxy) is 1. The number of methoxy groups -OCH3 is 1. The third-order valence-corrected chi connectivity index (χ3v) is 4.03. The Morgan fingerprint density at radius 1 is 1.28 bits per heavy atom. The van der Waals surface area contributed by atoms with Gasteiger partial charge in [-0.15, -0.1) is 0 Å². The van der Waals surface area contributed by atoms with Gasteiger partial charge in [-0.05, 0) is 24.8 Å². The number of nitrogens with zero attached hydrogens (tertiary/aromatic N) is 3. The molecule has 1 aromatic rings. The van der Waals surface area contributed by atoms with Crippen LogP contribution in [0.25, 0.3) is 0 Å². The number of alkyl carbamates (subject to hydrolysis) is 1. The highest BCUT2D eigenvalue weighted by atomic mass is 16.5. The summed E-state index contributed by atoms with van der Waals surface area (Å²) >= 11 is 0. The number of carbonyl (C=O) groups excluding carboxylic acids is 2. The first-order chi connectivity index (χ1) is 11.8. The Hall–Kier alpha value is -2.38. The van der Waals surface area contributed by atoms with Crippen LogP contribution in [-0.2, 0) is 9.53 Å². The summed E-state index contributed by atoms with van der Waals surface area (Å²) < 4.78 is 4.61. The number of aromatic nitrogens is 2. The molecule has 2 N–H and O–H groups in total. The van der Waals surface area contributed by atoms with Crippen molar-refractivity contribution >= 4 is 17.9 Å².